The molecule has 1 aromatic heterocycles. The molecule has 2 N–H and O–H groups in total. The number of ketones is 1. The van der Waals surface area contributed by atoms with Gasteiger partial charge in [-0.05, 0) is 66.3 Å². The first-order chi connectivity index (χ1) is 19.3. The van der Waals surface area contributed by atoms with Crippen molar-refractivity contribution >= 4 is 40.3 Å². The lowest BCUT2D eigenvalue weighted by Crippen LogP contribution is -2.52. The van der Waals surface area contributed by atoms with Crippen molar-refractivity contribution < 1.29 is 18.8 Å². The van der Waals surface area contributed by atoms with E-state index in [-0.39, 0.29) is 17.7 Å². The average molecular weight is 560 g/mol. The Bertz CT molecular complexity index is 1440. The number of nitrogens with one attached hydrogen (secondary N) is 2. The summed E-state index contributed by atoms with van der Waals surface area (Å²) >= 11 is 6.12. The van der Waals surface area contributed by atoms with Gasteiger partial charge in [0.05, 0.1) is 6.04 Å². The van der Waals surface area contributed by atoms with Gasteiger partial charge in [0.15, 0.2) is 5.58 Å². The Labute approximate surface area is 239 Å². The van der Waals surface area contributed by atoms with Gasteiger partial charge in [-0.2, -0.15) is 0 Å². The van der Waals surface area contributed by atoms with E-state index in [1.165, 1.54) is 0 Å². The van der Waals surface area contributed by atoms with Crippen LogP contribution in [0.25, 0.3) is 22.2 Å². The maximum absolute atomic E-state index is 13.5. The summed E-state index contributed by atoms with van der Waals surface area (Å²) in [7, 11) is 0. The maximum Gasteiger partial charge on any atom is 0.266 e. The van der Waals surface area contributed by atoms with E-state index in [1.54, 1.807) is 37.3 Å². The van der Waals surface area contributed by atoms with Crippen LogP contribution in [0.15, 0.2) is 77.2 Å². The van der Waals surface area contributed by atoms with Gasteiger partial charge in [-0.3, -0.25) is 14.4 Å². The highest BCUT2D eigenvalue weighted by molar-refractivity contribution is 6.30. The van der Waals surface area contributed by atoms with Gasteiger partial charge in [-0.1, -0.05) is 81.6 Å². The van der Waals surface area contributed by atoms with Crippen LogP contribution < -0.4 is 10.6 Å². The number of carbonyl (C=O) groups is 3. The number of rotatable bonds is 12. The second kappa shape index (κ2) is 13.4. The van der Waals surface area contributed by atoms with Crippen LogP contribution >= 0.6 is 11.6 Å². The van der Waals surface area contributed by atoms with Crippen molar-refractivity contribution in [3.05, 3.63) is 89.3 Å². The molecule has 0 fully saturated rings. The van der Waals surface area contributed by atoms with Crippen molar-refractivity contribution in [1.29, 1.82) is 0 Å². The highest BCUT2D eigenvalue weighted by atomic mass is 35.5. The lowest BCUT2D eigenvalue weighted by molar-refractivity contribution is -0.123. The molecular weight excluding hydrogens is 526 g/mol. The number of carbonyl (C=O) groups excluding carboxylic acids is 3. The van der Waals surface area contributed by atoms with Crippen LogP contribution in [0.2, 0.25) is 5.02 Å². The minimum absolute atomic E-state index is 0.0475. The lowest BCUT2D eigenvalue weighted by atomic mass is 9.93. The average Bonchev–Trinajstić information content (AvgIpc) is 3.42. The van der Waals surface area contributed by atoms with Crippen LogP contribution in [-0.2, 0) is 4.79 Å². The van der Waals surface area contributed by atoms with Gasteiger partial charge in [0.2, 0.25) is 11.7 Å². The van der Waals surface area contributed by atoms with Crippen molar-refractivity contribution in [3.8, 4) is 11.1 Å². The minimum atomic E-state index is -0.835. The molecule has 0 aliphatic heterocycles. The molecule has 0 saturated carbocycles. The summed E-state index contributed by atoms with van der Waals surface area (Å²) in [6, 6.07) is 20.1. The number of Topliss-reactive ketones (excluding diaryl/α,β-unsaturated/α-hetero) is 1. The predicted octanol–water partition coefficient (Wildman–Crippen LogP) is 6.85. The Morgan fingerprint density at radius 1 is 0.825 bits per heavy atom. The normalized spacial score (nSPS) is 12.7. The molecule has 1 unspecified atom stereocenters. The van der Waals surface area contributed by atoms with E-state index < -0.39 is 23.8 Å². The van der Waals surface area contributed by atoms with E-state index in [1.807, 2.05) is 42.5 Å². The van der Waals surface area contributed by atoms with Crippen LogP contribution in [0, 0.1) is 5.92 Å². The Balaban J connectivity index is 1.49. The number of para-hydroxylation sites is 2. The summed E-state index contributed by atoms with van der Waals surface area (Å²) in [4.78, 5) is 44.2. The van der Waals surface area contributed by atoms with Crippen LogP contribution in [0.5, 0.6) is 0 Å². The third-order valence-corrected chi connectivity index (χ3v) is 7.43. The highest BCUT2D eigenvalue weighted by Gasteiger charge is 2.30. The number of fused-ring (bicyclic) bond motifs is 1. The molecule has 1 heterocycles. The fourth-order valence-electron chi connectivity index (χ4n) is 4.66. The molecule has 8 heteroatoms. The molecule has 40 heavy (non-hydrogen) atoms. The topological polar surface area (TPSA) is 101 Å². The van der Waals surface area contributed by atoms with Crippen molar-refractivity contribution in [2.75, 3.05) is 0 Å². The Morgan fingerprint density at radius 3 is 2.20 bits per heavy atom. The number of hydrogen-bond acceptors (Lipinski definition) is 5. The molecule has 0 radical (unpaired) electrons. The summed E-state index contributed by atoms with van der Waals surface area (Å²) in [5.41, 5.74) is 3.39. The standard InChI is InChI=1S/C32H34ClN3O4/c1-4-20(5-2)18-27(35-30(38)22-16-14-21(15-17-22)23-10-9-11-24(33)19-23)31(39)34-25(6-3)29(37)32-36-26-12-7-8-13-28(26)40-32/h7-17,19-20,25,27H,4-6,18H2,1-3H3,(H,34,39)(H,35,38)/t25?,27-/m0/s1. The number of oxazole rings is 1. The quantitative estimate of drug-likeness (QED) is 0.185. The molecule has 4 rings (SSSR count). The van der Waals surface area contributed by atoms with Gasteiger partial charge in [0, 0.05) is 10.6 Å². The molecule has 4 aromatic rings. The summed E-state index contributed by atoms with van der Waals surface area (Å²) in [6.45, 7) is 5.93. The fourth-order valence-corrected chi connectivity index (χ4v) is 4.85. The number of benzene rings is 3. The zero-order valence-corrected chi connectivity index (χ0v) is 23.7. The minimum Gasteiger partial charge on any atom is -0.434 e. The van der Waals surface area contributed by atoms with Crippen molar-refractivity contribution in [2.45, 2.75) is 58.5 Å². The highest BCUT2D eigenvalue weighted by Crippen LogP contribution is 2.23. The summed E-state index contributed by atoms with van der Waals surface area (Å²) in [6.07, 6.45) is 2.53. The van der Waals surface area contributed by atoms with E-state index >= 15 is 0 Å². The van der Waals surface area contributed by atoms with E-state index in [2.05, 4.69) is 29.5 Å². The summed E-state index contributed by atoms with van der Waals surface area (Å²) in [5.74, 6) is -0.992. The van der Waals surface area contributed by atoms with Gasteiger partial charge in [-0.25, -0.2) is 4.98 Å². The summed E-state index contributed by atoms with van der Waals surface area (Å²) in [5, 5.41) is 6.38. The molecule has 2 amide bonds. The van der Waals surface area contributed by atoms with E-state index in [4.69, 9.17) is 16.0 Å². The van der Waals surface area contributed by atoms with Gasteiger partial charge >= 0.3 is 0 Å². The molecule has 7 nitrogen and oxygen atoms in total. The Hall–Kier alpha value is -3.97. The number of amides is 2. The maximum atomic E-state index is 13.5. The lowest BCUT2D eigenvalue weighted by Gasteiger charge is -2.24. The molecule has 0 saturated heterocycles. The molecule has 0 spiro atoms. The number of aromatic nitrogens is 1. The van der Waals surface area contributed by atoms with Crippen molar-refractivity contribution in [1.82, 2.24) is 15.6 Å². The smallest absolute Gasteiger partial charge is 0.266 e. The number of nitrogens with zero attached hydrogens (tertiary/aromatic N) is 1. The first kappa shape index (κ1) is 29.0. The third kappa shape index (κ3) is 6.96. The Morgan fingerprint density at radius 2 is 1.55 bits per heavy atom. The monoisotopic (exact) mass is 559 g/mol. The summed E-state index contributed by atoms with van der Waals surface area (Å²) < 4.78 is 5.64. The third-order valence-electron chi connectivity index (χ3n) is 7.20. The molecule has 0 aliphatic rings. The number of halogens is 1. The molecular formula is C32H34ClN3O4. The Kier molecular flexibility index (Phi) is 9.72. The van der Waals surface area contributed by atoms with Crippen molar-refractivity contribution in [2.24, 2.45) is 5.92 Å². The van der Waals surface area contributed by atoms with Crippen molar-refractivity contribution in [3.63, 3.8) is 0 Å². The van der Waals surface area contributed by atoms with Gasteiger partial charge in [0.1, 0.15) is 11.6 Å². The largest absolute Gasteiger partial charge is 0.434 e. The molecule has 0 aliphatic carbocycles. The van der Waals surface area contributed by atoms with E-state index in [0.29, 0.717) is 34.5 Å². The SMILES string of the molecule is CCC(CC)C[C@H](NC(=O)c1ccc(-c2cccc(Cl)c2)cc1)C(=O)NC(CC)C(=O)c1nc2ccccc2o1. The number of hydrogen-bond donors (Lipinski definition) is 2. The fraction of sp³-hybridized carbons (Fsp3) is 0.312. The predicted molar refractivity (Wildman–Crippen MR) is 157 cm³/mol. The second-order valence-corrected chi connectivity index (χ2v) is 10.3. The molecule has 0 bridgehead atoms. The van der Waals surface area contributed by atoms with Crippen LogP contribution in [0.4, 0.5) is 0 Å². The van der Waals surface area contributed by atoms with E-state index in [0.717, 1.165) is 24.0 Å². The zero-order valence-electron chi connectivity index (χ0n) is 22.9. The molecule has 3 aromatic carbocycles. The van der Waals surface area contributed by atoms with Crippen LogP contribution in [0.3, 0.4) is 0 Å². The molecule has 208 valence electrons. The van der Waals surface area contributed by atoms with Gasteiger partial charge < -0.3 is 15.1 Å². The first-order valence-corrected chi connectivity index (χ1v) is 14.1. The second-order valence-electron chi connectivity index (χ2n) is 9.85. The van der Waals surface area contributed by atoms with Gasteiger partial charge in [0.25, 0.3) is 11.8 Å². The zero-order chi connectivity index (χ0) is 28.6. The van der Waals surface area contributed by atoms with Gasteiger partial charge in [-0.15, -0.1) is 0 Å². The van der Waals surface area contributed by atoms with Crippen LogP contribution in [0.1, 0.15) is 67.5 Å². The first-order valence-electron chi connectivity index (χ1n) is 13.7. The van der Waals surface area contributed by atoms with E-state index in [9.17, 15) is 14.4 Å². The van der Waals surface area contributed by atoms with Crippen LogP contribution in [-0.4, -0.2) is 34.7 Å². The molecule has 2 atom stereocenters.